The number of rotatable bonds is 4. The molecule has 0 aromatic heterocycles. The van der Waals surface area contributed by atoms with Gasteiger partial charge < -0.3 is 10.1 Å². The summed E-state index contributed by atoms with van der Waals surface area (Å²) in [6.45, 7) is 6.27. The van der Waals surface area contributed by atoms with Gasteiger partial charge in [-0.15, -0.1) is 0 Å². The second kappa shape index (κ2) is 8.54. The average Bonchev–Trinajstić information content (AvgIpc) is 2.44. The number of carbonyl (C=O) groups is 1. The molecule has 21 heavy (non-hydrogen) atoms. The van der Waals surface area contributed by atoms with E-state index in [9.17, 15) is 10.1 Å². The molecule has 0 aliphatic carbocycles. The van der Waals surface area contributed by atoms with Gasteiger partial charge in [0.1, 0.15) is 5.60 Å². The fraction of sp³-hybridized carbons (Fsp3) is 0.400. The van der Waals surface area contributed by atoms with E-state index in [-0.39, 0.29) is 29.6 Å². The third-order valence-corrected chi connectivity index (χ3v) is 2.21. The first-order valence-electron chi connectivity index (χ1n) is 6.06. The van der Waals surface area contributed by atoms with Gasteiger partial charge >= 0.3 is 35.5 Å². The molecule has 1 aromatic carbocycles. The fourth-order valence-electron chi connectivity index (χ4n) is 1.11. The minimum atomic E-state index is -1.13. The fourth-order valence-corrected chi connectivity index (χ4v) is 1.11. The van der Waals surface area contributed by atoms with Gasteiger partial charge in [-0.05, 0) is 39.8 Å². The van der Waals surface area contributed by atoms with Crippen LogP contribution < -0.4 is 34.8 Å². The Morgan fingerprint density at radius 1 is 1.05 bits per heavy atom. The van der Waals surface area contributed by atoms with Crippen LogP contribution in [0.15, 0.2) is 30.3 Å². The predicted molar refractivity (Wildman–Crippen MR) is 70.0 cm³/mol. The Morgan fingerprint density at radius 3 is 2.10 bits per heavy atom. The molecule has 0 bridgehead atoms. The Morgan fingerprint density at radius 2 is 1.57 bits per heavy atom. The third-order valence-electron chi connectivity index (χ3n) is 2.21. The topological polar surface area (TPSA) is 67.8 Å². The SMILES string of the molecule is CC(C)(C#CC(C)(C)OOC(=O)c1ccccc1)O[O-].[Na+]. The van der Waals surface area contributed by atoms with Gasteiger partial charge in [0.25, 0.3) is 0 Å². The van der Waals surface area contributed by atoms with Crippen molar-refractivity contribution < 1.29 is 54.3 Å². The maximum Gasteiger partial charge on any atom is 1.00 e. The summed E-state index contributed by atoms with van der Waals surface area (Å²) in [7, 11) is 0. The van der Waals surface area contributed by atoms with Crippen LogP contribution >= 0.6 is 0 Å². The van der Waals surface area contributed by atoms with Crippen molar-refractivity contribution in [3.05, 3.63) is 35.9 Å². The second-order valence-electron chi connectivity index (χ2n) is 5.17. The van der Waals surface area contributed by atoms with Crippen LogP contribution in [-0.2, 0) is 14.7 Å². The van der Waals surface area contributed by atoms with Crippen LogP contribution in [0.2, 0.25) is 0 Å². The van der Waals surface area contributed by atoms with Gasteiger partial charge in [0.15, 0.2) is 5.60 Å². The van der Waals surface area contributed by atoms with Crippen LogP contribution in [0, 0.1) is 11.8 Å². The summed E-state index contributed by atoms with van der Waals surface area (Å²) in [4.78, 5) is 25.4. The Balaban J connectivity index is 0.00000400. The molecule has 0 atom stereocenters. The van der Waals surface area contributed by atoms with E-state index in [0.717, 1.165) is 0 Å². The molecule has 1 rings (SSSR count). The molecular weight excluding hydrogens is 283 g/mol. The standard InChI is InChI=1S/C15H18O5.Na/c1-14(2,19-17)10-11-15(3,4)20-18-13(16)12-8-6-5-7-9-12;/h5-9,17H,1-4H3;/q;+1/p-1. The van der Waals surface area contributed by atoms with Gasteiger partial charge in [-0.2, -0.15) is 4.89 Å². The van der Waals surface area contributed by atoms with E-state index >= 15 is 0 Å². The summed E-state index contributed by atoms with van der Waals surface area (Å²) in [6, 6.07) is 8.45. The van der Waals surface area contributed by atoms with E-state index in [4.69, 9.17) is 9.78 Å². The summed E-state index contributed by atoms with van der Waals surface area (Å²) >= 11 is 0. The van der Waals surface area contributed by atoms with Crippen molar-refractivity contribution in [2.45, 2.75) is 38.9 Å². The average molecular weight is 300 g/mol. The van der Waals surface area contributed by atoms with Crippen molar-refractivity contribution in [1.82, 2.24) is 0 Å². The number of hydrogen-bond donors (Lipinski definition) is 0. The molecule has 0 saturated heterocycles. The van der Waals surface area contributed by atoms with E-state index in [1.807, 2.05) is 0 Å². The first kappa shape index (κ1) is 20.1. The summed E-state index contributed by atoms with van der Waals surface area (Å²) < 4.78 is 0. The van der Waals surface area contributed by atoms with E-state index < -0.39 is 17.2 Å². The Hall–Kier alpha value is -0.870. The molecule has 0 N–H and O–H groups in total. The van der Waals surface area contributed by atoms with E-state index in [1.165, 1.54) is 13.8 Å². The van der Waals surface area contributed by atoms with Gasteiger partial charge in [-0.25, -0.2) is 4.79 Å². The molecule has 0 heterocycles. The molecule has 108 valence electrons. The first-order chi connectivity index (χ1) is 9.26. The molecule has 6 heteroatoms. The smallest absolute Gasteiger partial charge is 0.722 e. The van der Waals surface area contributed by atoms with Crippen LogP contribution in [0.25, 0.3) is 0 Å². The molecule has 0 unspecified atom stereocenters. The Bertz CT molecular complexity index is 514. The summed E-state index contributed by atoms with van der Waals surface area (Å²) in [6.07, 6.45) is 0. The molecule has 0 fully saturated rings. The van der Waals surface area contributed by atoms with E-state index in [2.05, 4.69) is 16.7 Å². The summed E-state index contributed by atoms with van der Waals surface area (Å²) in [5, 5.41) is 10.4. The quantitative estimate of drug-likeness (QED) is 0.297. The normalized spacial score (nSPS) is 10.9. The molecule has 0 spiro atoms. The zero-order chi connectivity index (χ0) is 15.2. The van der Waals surface area contributed by atoms with E-state index in [1.54, 1.807) is 44.2 Å². The van der Waals surface area contributed by atoms with Crippen molar-refractivity contribution in [1.29, 1.82) is 0 Å². The molecular formula is C15H17NaO5. The van der Waals surface area contributed by atoms with Crippen LogP contribution in [0.1, 0.15) is 38.1 Å². The van der Waals surface area contributed by atoms with Crippen molar-refractivity contribution in [2.24, 2.45) is 0 Å². The van der Waals surface area contributed by atoms with E-state index in [0.29, 0.717) is 5.56 Å². The number of hydrogen-bond acceptors (Lipinski definition) is 5. The molecule has 0 aliphatic heterocycles. The monoisotopic (exact) mass is 300 g/mol. The Labute approximate surface area is 146 Å². The minimum Gasteiger partial charge on any atom is -0.722 e. The van der Waals surface area contributed by atoms with Crippen molar-refractivity contribution in [3.63, 3.8) is 0 Å². The second-order valence-corrected chi connectivity index (χ2v) is 5.17. The van der Waals surface area contributed by atoms with Gasteiger partial charge in [-0.3, -0.25) is 4.89 Å². The Kier molecular flexibility index (Phi) is 8.19. The maximum atomic E-state index is 11.7. The zero-order valence-electron chi connectivity index (χ0n) is 12.9. The summed E-state index contributed by atoms with van der Waals surface area (Å²) in [5.74, 6) is 4.68. The van der Waals surface area contributed by atoms with Gasteiger partial charge in [-0.1, -0.05) is 30.0 Å². The van der Waals surface area contributed by atoms with Gasteiger partial charge in [0, 0.05) is 0 Å². The minimum absolute atomic E-state index is 0. The number of benzene rings is 1. The molecule has 5 nitrogen and oxygen atoms in total. The first-order valence-corrected chi connectivity index (χ1v) is 6.06. The van der Waals surface area contributed by atoms with Gasteiger partial charge in [0.05, 0.1) is 5.56 Å². The maximum absolute atomic E-state index is 11.7. The van der Waals surface area contributed by atoms with Crippen molar-refractivity contribution in [3.8, 4) is 11.8 Å². The van der Waals surface area contributed by atoms with Crippen LogP contribution in [0.5, 0.6) is 0 Å². The molecule has 0 amide bonds. The van der Waals surface area contributed by atoms with Gasteiger partial charge in [0.2, 0.25) is 0 Å². The van der Waals surface area contributed by atoms with Crippen molar-refractivity contribution >= 4 is 5.97 Å². The predicted octanol–water partition coefficient (Wildman–Crippen LogP) is -1.37. The largest absolute Gasteiger partial charge is 1.00 e. The van der Waals surface area contributed by atoms with Crippen molar-refractivity contribution in [2.75, 3.05) is 0 Å². The molecule has 0 radical (unpaired) electrons. The molecule has 0 saturated carbocycles. The molecule has 0 aliphatic rings. The summed E-state index contributed by atoms with van der Waals surface area (Å²) in [5.41, 5.74) is -1.82. The number of carbonyl (C=O) groups excluding carboxylic acids is 1. The van der Waals surface area contributed by atoms with Crippen LogP contribution in [-0.4, -0.2) is 17.2 Å². The van der Waals surface area contributed by atoms with Crippen LogP contribution in [0.4, 0.5) is 0 Å². The zero-order valence-corrected chi connectivity index (χ0v) is 14.9. The molecule has 1 aromatic rings. The third kappa shape index (κ3) is 7.63. The van der Waals surface area contributed by atoms with Crippen LogP contribution in [0.3, 0.4) is 0 Å².